The van der Waals surface area contributed by atoms with Gasteiger partial charge in [0.2, 0.25) is 0 Å². The minimum absolute atomic E-state index is 0.132. The number of hydrogen-bond acceptors (Lipinski definition) is 6. The second kappa shape index (κ2) is 7.65. The molecule has 0 saturated heterocycles. The van der Waals surface area contributed by atoms with E-state index in [4.69, 9.17) is 4.74 Å². The van der Waals surface area contributed by atoms with Crippen LogP contribution in [-0.4, -0.2) is 44.7 Å². The fourth-order valence-electron chi connectivity index (χ4n) is 1.99. The summed E-state index contributed by atoms with van der Waals surface area (Å²) < 4.78 is 6.68. The molecule has 0 aromatic carbocycles. The Bertz CT molecular complexity index is 526. The topological polar surface area (TPSA) is 89.0 Å². The van der Waals surface area contributed by atoms with E-state index in [1.807, 2.05) is 20.8 Å². The number of nitrogens with one attached hydrogen (secondary N) is 2. The first-order valence-electron chi connectivity index (χ1n) is 7.07. The van der Waals surface area contributed by atoms with Gasteiger partial charge in [0.05, 0.1) is 6.61 Å². The standard InChI is InChI=1S/C13H24N4O3S/c1-6-17-11(19)15-16-12(17)21-8-13(5,14-9(3)4)10(18)20-7-2/h9,14H,6-8H2,1-5H3,(H,15,19). The molecule has 0 aliphatic heterocycles. The lowest BCUT2D eigenvalue weighted by atomic mass is 10.0. The van der Waals surface area contributed by atoms with E-state index in [0.29, 0.717) is 24.1 Å². The fourth-order valence-corrected chi connectivity index (χ4v) is 3.09. The first-order valence-corrected chi connectivity index (χ1v) is 8.05. The zero-order valence-corrected chi connectivity index (χ0v) is 14.0. The van der Waals surface area contributed by atoms with Gasteiger partial charge in [-0.05, 0) is 34.6 Å². The highest BCUT2D eigenvalue weighted by Gasteiger charge is 2.35. The Morgan fingerprint density at radius 3 is 2.71 bits per heavy atom. The average Bonchev–Trinajstić information content (AvgIpc) is 2.76. The number of aromatic nitrogens is 3. The van der Waals surface area contributed by atoms with Crippen molar-refractivity contribution >= 4 is 17.7 Å². The van der Waals surface area contributed by atoms with E-state index in [9.17, 15) is 9.59 Å². The van der Waals surface area contributed by atoms with Crippen molar-refractivity contribution in [3.05, 3.63) is 10.5 Å². The van der Waals surface area contributed by atoms with Crippen molar-refractivity contribution in [3.8, 4) is 0 Å². The third-order valence-corrected chi connectivity index (χ3v) is 4.15. The Hall–Kier alpha value is -1.28. The van der Waals surface area contributed by atoms with E-state index >= 15 is 0 Å². The molecule has 1 rings (SSSR count). The lowest BCUT2D eigenvalue weighted by Crippen LogP contribution is -2.55. The molecule has 2 N–H and O–H groups in total. The van der Waals surface area contributed by atoms with Crippen molar-refractivity contribution < 1.29 is 9.53 Å². The number of H-pyrrole nitrogens is 1. The van der Waals surface area contributed by atoms with Gasteiger partial charge in [-0.15, -0.1) is 5.10 Å². The van der Waals surface area contributed by atoms with Gasteiger partial charge in [-0.25, -0.2) is 9.89 Å². The summed E-state index contributed by atoms with van der Waals surface area (Å²) >= 11 is 1.35. The number of carbonyl (C=O) groups excluding carboxylic acids is 1. The number of carbonyl (C=O) groups is 1. The van der Waals surface area contributed by atoms with Crippen molar-refractivity contribution in [2.24, 2.45) is 0 Å². The normalized spacial score (nSPS) is 14.2. The molecule has 1 heterocycles. The first-order chi connectivity index (χ1) is 9.84. The summed E-state index contributed by atoms with van der Waals surface area (Å²) in [6, 6.07) is 0.132. The number of esters is 1. The number of ether oxygens (including phenoxy) is 1. The lowest BCUT2D eigenvalue weighted by Gasteiger charge is -2.30. The van der Waals surface area contributed by atoms with Gasteiger partial charge in [-0.3, -0.25) is 14.7 Å². The third kappa shape index (κ3) is 4.60. The number of aromatic amines is 1. The summed E-state index contributed by atoms with van der Waals surface area (Å²) in [5, 5.41) is 10.2. The summed E-state index contributed by atoms with van der Waals surface area (Å²) in [4.78, 5) is 23.7. The molecule has 0 spiro atoms. The Labute approximate surface area is 128 Å². The SMILES string of the molecule is CCOC(=O)C(C)(CSc1n[nH]c(=O)n1CC)NC(C)C. The van der Waals surface area contributed by atoms with Gasteiger partial charge in [-0.1, -0.05) is 11.8 Å². The van der Waals surface area contributed by atoms with E-state index in [2.05, 4.69) is 15.5 Å². The molecule has 0 bridgehead atoms. The minimum atomic E-state index is -0.831. The smallest absolute Gasteiger partial charge is 0.343 e. The molecule has 1 unspecified atom stereocenters. The van der Waals surface area contributed by atoms with Crippen LogP contribution >= 0.6 is 11.8 Å². The number of nitrogens with zero attached hydrogens (tertiary/aromatic N) is 2. The van der Waals surface area contributed by atoms with Gasteiger partial charge in [0.15, 0.2) is 5.16 Å². The summed E-state index contributed by atoms with van der Waals surface area (Å²) in [5.74, 6) is 0.126. The Kier molecular flexibility index (Phi) is 6.47. The molecule has 1 aromatic rings. The van der Waals surface area contributed by atoms with E-state index in [1.165, 1.54) is 16.3 Å². The van der Waals surface area contributed by atoms with Crippen LogP contribution in [-0.2, 0) is 16.1 Å². The van der Waals surface area contributed by atoms with Gasteiger partial charge in [0.1, 0.15) is 5.54 Å². The third-order valence-electron chi connectivity index (χ3n) is 2.86. The highest BCUT2D eigenvalue weighted by molar-refractivity contribution is 7.99. The molecular formula is C13H24N4O3S. The molecular weight excluding hydrogens is 292 g/mol. The van der Waals surface area contributed by atoms with Gasteiger partial charge in [0, 0.05) is 18.3 Å². The summed E-state index contributed by atoms with van der Waals surface area (Å²) in [6.45, 7) is 10.3. The Morgan fingerprint density at radius 2 is 2.19 bits per heavy atom. The molecule has 0 saturated carbocycles. The van der Waals surface area contributed by atoms with Crippen LogP contribution in [0, 0.1) is 0 Å². The van der Waals surface area contributed by atoms with Crippen LogP contribution in [0.5, 0.6) is 0 Å². The molecule has 0 fully saturated rings. The highest BCUT2D eigenvalue weighted by atomic mass is 32.2. The van der Waals surface area contributed by atoms with Gasteiger partial charge in [-0.2, -0.15) is 0 Å². The largest absolute Gasteiger partial charge is 0.465 e. The molecule has 7 nitrogen and oxygen atoms in total. The molecule has 120 valence electrons. The number of hydrogen-bond donors (Lipinski definition) is 2. The molecule has 0 aliphatic carbocycles. The van der Waals surface area contributed by atoms with E-state index in [0.717, 1.165) is 0 Å². The van der Waals surface area contributed by atoms with E-state index < -0.39 is 5.54 Å². The molecule has 0 amide bonds. The predicted octanol–water partition coefficient (Wildman–Crippen LogP) is 1.00. The molecule has 21 heavy (non-hydrogen) atoms. The summed E-state index contributed by atoms with van der Waals surface area (Å²) in [6.07, 6.45) is 0. The van der Waals surface area contributed by atoms with Crippen LogP contribution in [0.4, 0.5) is 0 Å². The number of thioether (sulfide) groups is 1. The molecule has 0 aliphatic rings. The van der Waals surface area contributed by atoms with Crippen molar-refractivity contribution in [1.82, 2.24) is 20.1 Å². The minimum Gasteiger partial charge on any atom is -0.465 e. The van der Waals surface area contributed by atoms with Crippen molar-refractivity contribution in [2.75, 3.05) is 12.4 Å². The Balaban J connectivity index is 2.86. The molecule has 0 radical (unpaired) electrons. The molecule has 8 heteroatoms. The van der Waals surface area contributed by atoms with Gasteiger partial charge in [0.25, 0.3) is 0 Å². The van der Waals surface area contributed by atoms with Crippen molar-refractivity contribution in [3.63, 3.8) is 0 Å². The summed E-state index contributed by atoms with van der Waals surface area (Å²) in [5.41, 5.74) is -1.07. The van der Waals surface area contributed by atoms with E-state index in [1.54, 1.807) is 13.8 Å². The lowest BCUT2D eigenvalue weighted by molar-refractivity contribution is -0.149. The van der Waals surface area contributed by atoms with Crippen molar-refractivity contribution in [2.45, 2.75) is 57.9 Å². The van der Waals surface area contributed by atoms with Crippen LogP contribution in [0.15, 0.2) is 9.95 Å². The zero-order chi connectivity index (χ0) is 16.0. The zero-order valence-electron chi connectivity index (χ0n) is 13.2. The molecule has 1 atom stereocenters. The highest BCUT2D eigenvalue weighted by Crippen LogP contribution is 2.21. The number of rotatable bonds is 8. The average molecular weight is 316 g/mol. The van der Waals surface area contributed by atoms with Crippen LogP contribution in [0.25, 0.3) is 0 Å². The monoisotopic (exact) mass is 316 g/mol. The second-order valence-corrected chi connectivity index (χ2v) is 6.14. The second-order valence-electron chi connectivity index (χ2n) is 5.20. The van der Waals surface area contributed by atoms with Crippen LogP contribution in [0.1, 0.15) is 34.6 Å². The predicted molar refractivity (Wildman–Crippen MR) is 82.6 cm³/mol. The molecule has 1 aromatic heterocycles. The van der Waals surface area contributed by atoms with Crippen LogP contribution in [0.2, 0.25) is 0 Å². The van der Waals surface area contributed by atoms with Crippen LogP contribution < -0.4 is 11.0 Å². The Morgan fingerprint density at radius 1 is 1.52 bits per heavy atom. The maximum atomic E-state index is 12.2. The summed E-state index contributed by atoms with van der Waals surface area (Å²) in [7, 11) is 0. The first kappa shape index (κ1) is 17.8. The van der Waals surface area contributed by atoms with Gasteiger partial charge >= 0.3 is 11.7 Å². The van der Waals surface area contributed by atoms with Crippen LogP contribution in [0.3, 0.4) is 0 Å². The quantitative estimate of drug-likeness (QED) is 0.549. The van der Waals surface area contributed by atoms with Crippen molar-refractivity contribution in [1.29, 1.82) is 0 Å². The maximum Gasteiger partial charge on any atom is 0.343 e. The van der Waals surface area contributed by atoms with Gasteiger partial charge < -0.3 is 4.74 Å². The fraction of sp³-hybridized carbons (Fsp3) is 0.769. The van der Waals surface area contributed by atoms with E-state index in [-0.39, 0.29) is 17.7 Å². The maximum absolute atomic E-state index is 12.2.